The number of aryl methyl sites for hydroxylation is 1. The van der Waals surface area contributed by atoms with Crippen molar-refractivity contribution in [3.63, 3.8) is 0 Å². The van der Waals surface area contributed by atoms with Crippen LogP contribution in [0.15, 0.2) is 29.3 Å². The molecule has 1 saturated heterocycles. The van der Waals surface area contributed by atoms with E-state index in [1.54, 1.807) is 7.05 Å². The van der Waals surface area contributed by atoms with Crippen molar-refractivity contribution in [3.05, 3.63) is 29.8 Å². The molecular formula is C19H30IN3O3. The highest BCUT2D eigenvalue weighted by atomic mass is 127. The molecule has 0 aliphatic carbocycles. The first kappa shape index (κ1) is 22.5. The summed E-state index contributed by atoms with van der Waals surface area (Å²) in [7, 11) is 1.76. The molecule has 1 heterocycles. The third-order valence-electron chi connectivity index (χ3n) is 4.23. The van der Waals surface area contributed by atoms with Gasteiger partial charge in [-0.05, 0) is 38.8 Å². The second kappa shape index (κ2) is 12.0. The summed E-state index contributed by atoms with van der Waals surface area (Å²) in [4.78, 5) is 18.4. The molecule has 0 amide bonds. The fourth-order valence-corrected chi connectivity index (χ4v) is 2.92. The van der Waals surface area contributed by atoms with Crippen LogP contribution < -0.4 is 10.1 Å². The molecule has 1 unspecified atom stereocenters. The Kier molecular flexibility index (Phi) is 10.4. The van der Waals surface area contributed by atoms with Crippen LogP contribution in [0.3, 0.4) is 0 Å². The summed E-state index contributed by atoms with van der Waals surface area (Å²) in [6.45, 7) is 7.08. The average Bonchev–Trinajstić information content (AvgIpc) is 2.63. The molecule has 6 nitrogen and oxygen atoms in total. The molecule has 1 aromatic carbocycles. The Morgan fingerprint density at radius 1 is 1.35 bits per heavy atom. The molecule has 1 aliphatic heterocycles. The van der Waals surface area contributed by atoms with Crippen LogP contribution >= 0.6 is 24.0 Å². The Hall–Kier alpha value is -1.51. The predicted molar refractivity (Wildman–Crippen MR) is 114 cm³/mol. The van der Waals surface area contributed by atoms with E-state index in [9.17, 15) is 4.79 Å². The molecule has 1 fully saturated rings. The number of benzene rings is 1. The van der Waals surface area contributed by atoms with Gasteiger partial charge >= 0.3 is 5.97 Å². The number of nitrogens with zero attached hydrogens (tertiary/aromatic N) is 2. The maximum Gasteiger partial charge on any atom is 0.310 e. The van der Waals surface area contributed by atoms with Gasteiger partial charge in [-0.2, -0.15) is 0 Å². The molecule has 26 heavy (non-hydrogen) atoms. The maximum absolute atomic E-state index is 12.0. The van der Waals surface area contributed by atoms with E-state index in [4.69, 9.17) is 9.47 Å². The third-order valence-corrected chi connectivity index (χ3v) is 4.23. The number of likely N-dealkylation sites (tertiary alicyclic amines) is 1. The second-order valence-electron chi connectivity index (χ2n) is 6.17. The molecule has 0 saturated carbocycles. The largest absolute Gasteiger partial charge is 0.492 e. The Bertz CT molecular complexity index is 578. The highest BCUT2D eigenvalue weighted by Crippen LogP contribution is 2.18. The van der Waals surface area contributed by atoms with Crippen LogP contribution in [-0.2, 0) is 9.53 Å². The van der Waals surface area contributed by atoms with Crippen LogP contribution in [0.5, 0.6) is 5.75 Å². The van der Waals surface area contributed by atoms with Gasteiger partial charge in [0.15, 0.2) is 5.96 Å². The van der Waals surface area contributed by atoms with E-state index in [2.05, 4.69) is 22.1 Å². The van der Waals surface area contributed by atoms with E-state index in [1.165, 1.54) is 5.56 Å². The maximum atomic E-state index is 12.0. The minimum absolute atomic E-state index is 0. The summed E-state index contributed by atoms with van der Waals surface area (Å²) in [5, 5.41) is 3.31. The Morgan fingerprint density at radius 3 is 2.73 bits per heavy atom. The topological polar surface area (TPSA) is 63.2 Å². The Morgan fingerprint density at radius 2 is 2.08 bits per heavy atom. The summed E-state index contributed by atoms with van der Waals surface area (Å²) in [5.74, 6) is 1.49. The van der Waals surface area contributed by atoms with Gasteiger partial charge in [0.1, 0.15) is 12.4 Å². The lowest BCUT2D eigenvalue weighted by Crippen LogP contribution is -2.49. The number of guanidine groups is 1. The number of hydrogen-bond acceptors (Lipinski definition) is 4. The molecular weight excluding hydrogens is 445 g/mol. The van der Waals surface area contributed by atoms with Crippen molar-refractivity contribution in [1.82, 2.24) is 10.2 Å². The number of ether oxygens (including phenoxy) is 2. The number of rotatable bonds is 6. The van der Waals surface area contributed by atoms with Gasteiger partial charge in [0, 0.05) is 20.1 Å². The highest BCUT2D eigenvalue weighted by molar-refractivity contribution is 14.0. The molecule has 1 aliphatic rings. The molecule has 146 valence electrons. The standard InChI is InChI=1S/C19H29N3O3.HI/c1-4-24-18(23)16-6-5-12-22(14-16)19(20-3)21-11-13-25-17-9-7-15(2)8-10-17;/h7-10,16H,4-6,11-14H2,1-3H3,(H,20,21);1H. The van der Waals surface area contributed by atoms with Gasteiger partial charge in [-0.15, -0.1) is 24.0 Å². The molecule has 0 radical (unpaired) electrons. The quantitative estimate of drug-likeness (QED) is 0.226. The van der Waals surface area contributed by atoms with E-state index in [-0.39, 0.29) is 35.9 Å². The number of halogens is 1. The van der Waals surface area contributed by atoms with E-state index in [0.29, 0.717) is 26.3 Å². The molecule has 1 atom stereocenters. The summed E-state index contributed by atoms with van der Waals surface area (Å²) in [6.07, 6.45) is 1.84. The van der Waals surface area contributed by atoms with Crippen molar-refractivity contribution < 1.29 is 14.3 Å². The highest BCUT2D eigenvalue weighted by Gasteiger charge is 2.28. The van der Waals surface area contributed by atoms with Gasteiger partial charge in [-0.1, -0.05) is 17.7 Å². The Labute approximate surface area is 173 Å². The molecule has 0 aromatic heterocycles. The number of carbonyl (C=O) groups is 1. The van der Waals surface area contributed by atoms with Gasteiger partial charge < -0.3 is 19.7 Å². The van der Waals surface area contributed by atoms with Crippen LogP contribution in [0, 0.1) is 12.8 Å². The molecule has 0 bridgehead atoms. The van der Waals surface area contributed by atoms with Crippen molar-refractivity contribution >= 4 is 35.9 Å². The molecule has 2 rings (SSSR count). The van der Waals surface area contributed by atoms with Crippen molar-refractivity contribution in [2.75, 3.05) is 39.9 Å². The van der Waals surface area contributed by atoms with E-state index in [0.717, 1.165) is 31.1 Å². The molecule has 1 N–H and O–H groups in total. The summed E-state index contributed by atoms with van der Waals surface area (Å²) >= 11 is 0. The fourth-order valence-electron chi connectivity index (χ4n) is 2.92. The average molecular weight is 475 g/mol. The number of esters is 1. The van der Waals surface area contributed by atoms with Crippen molar-refractivity contribution in [2.24, 2.45) is 10.9 Å². The minimum Gasteiger partial charge on any atom is -0.492 e. The molecule has 7 heteroatoms. The number of hydrogen-bond donors (Lipinski definition) is 1. The smallest absolute Gasteiger partial charge is 0.310 e. The van der Waals surface area contributed by atoms with Crippen LogP contribution in [0.1, 0.15) is 25.3 Å². The lowest BCUT2D eigenvalue weighted by molar-refractivity contribution is -0.149. The van der Waals surface area contributed by atoms with Crippen LogP contribution in [0.25, 0.3) is 0 Å². The van der Waals surface area contributed by atoms with Crippen molar-refractivity contribution in [3.8, 4) is 5.75 Å². The van der Waals surface area contributed by atoms with E-state index < -0.39 is 0 Å². The van der Waals surface area contributed by atoms with Gasteiger partial charge in [-0.25, -0.2) is 0 Å². The summed E-state index contributed by atoms with van der Waals surface area (Å²) in [5.41, 5.74) is 1.21. The number of carbonyl (C=O) groups excluding carboxylic acids is 1. The van der Waals surface area contributed by atoms with E-state index in [1.807, 2.05) is 31.2 Å². The first-order valence-electron chi connectivity index (χ1n) is 8.95. The van der Waals surface area contributed by atoms with Crippen LogP contribution in [-0.4, -0.2) is 56.7 Å². The van der Waals surface area contributed by atoms with Crippen molar-refractivity contribution in [2.45, 2.75) is 26.7 Å². The Balaban J connectivity index is 0.00000338. The predicted octanol–water partition coefficient (Wildman–Crippen LogP) is 2.84. The monoisotopic (exact) mass is 475 g/mol. The first-order chi connectivity index (χ1) is 12.1. The number of aliphatic imine (C=N–C) groups is 1. The summed E-state index contributed by atoms with van der Waals surface area (Å²) in [6, 6.07) is 8.01. The first-order valence-corrected chi connectivity index (χ1v) is 8.95. The zero-order chi connectivity index (χ0) is 18.1. The van der Waals surface area contributed by atoms with Gasteiger partial charge in [0.25, 0.3) is 0 Å². The zero-order valence-corrected chi connectivity index (χ0v) is 18.2. The lowest BCUT2D eigenvalue weighted by Gasteiger charge is -2.33. The van der Waals surface area contributed by atoms with Gasteiger partial charge in [0.05, 0.1) is 19.1 Å². The summed E-state index contributed by atoms with van der Waals surface area (Å²) < 4.78 is 10.9. The van der Waals surface area contributed by atoms with E-state index >= 15 is 0 Å². The molecule has 1 aromatic rings. The van der Waals surface area contributed by atoms with Crippen LogP contribution in [0.4, 0.5) is 0 Å². The fraction of sp³-hybridized carbons (Fsp3) is 0.579. The minimum atomic E-state index is -0.106. The van der Waals surface area contributed by atoms with Crippen LogP contribution in [0.2, 0.25) is 0 Å². The van der Waals surface area contributed by atoms with Gasteiger partial charge in [0.2, 0.25) is 0 Å². The number of nitrogens with one attached hydrogen (secondary N) is 1. The number of piperidine rings is 1. The second-order valence-corrected chi connectivity index (χ2v) is 6.17. The van der Waals surface area contributed by atoms with Crippen molar-refractivity contribution in [1.29, 1.82) is 0 Å². The SMILES string of the molecule is CCOC(=O)C1CCCN(C(=NC)NCCOc2ccc(C)cc2)C1.I. The lowest BCUT2D eigenvalue weighted by atomic mass is 9.98. The zero-order valence-electron chi connectivity index (χ0n) is 15.9. The third kappa shape index (κ3) is 7.01. The normalized spacial score (nSPS) is 17.3. The van der Waals surface area contributed by atoms with Gasteiger partial charge in [-0.3, -0.25) is 9.79 Å². The molecule has 0 spiro atoms.